The number of nitro benzene ring substituents is 1. The summed E-state index contributed by atoms with van der Waals surface area (Å²) in [6.45, 7) is 3.05. The van der Waals surface area contributed by atoms with Crippen molar-refractivity contribution in [3.63, 3.8) is 0 Å². The molecule has 0 heterocycles. The highest BCUT2D eigenvalue weighted by atomic mass is 19.1. The molecule has 2 aromatic rings. The molecule has 0 saturated carbocycles. The minimum atomic E-state index is -0.836. The van der Waals surface area contributed by atoms with Gasteiger partial charge in [-0.1, -0.05) is 6.07 Å². The maximum absolute atomic E-state index is 13.0. The van der Waals surface area contributed by atoms with Gasteiger partial charge in [-0.2, -0.15) is 0 Å². The lowest BCUT2D eigenvalue weighted by atomic mass is 10.1. The molecule has 0 atom stereocenters. The molecule has 1 amide bonds. The Morgan fingerprint density at radius 3 is 2.42 bits per heavy atom. The summed E-state index contributed by atoms with van der Waals surface area (Å²) >= 11 is 0. The molecular formula is C18H17FN2O5. The molecule has 0 saturated heterocycles. The first-order valence-electron chi connectivity index (χ1n) is 7.81. The van der Waals surface area contributed by atoms with Crippen molar-refractivity contribution in [2.24, 2.45) is 0 Å². The van der Waals surface area contributed by atoms with Crippen LogP contribution in [0.5, 0.6) is 0 Å². The van der Waals surface area contributed by atoms with Gasteiger partial charge in [-0.05, 0) is 44.2 Å². The first kappa shape index (κ1) is 19.0. The van der Waals surface area contributed by atoms with Crippen LogP contribution in [0.25, 0.3) is 0 Å². The third kappa shape index (κ3) is 4.41. The highest BCUT2D eigenvalue weighted by Gasteiger charge is 2.19. The van der Waals surface area contributed by atoms with Crippen molar-refractivity contribution in [3.05, 3.63) is 69.5 Å². The average Bonchev–Trinajstić information content (AvgIpc) is 2.62. The summed E-state index contributed by atoms with van der Waals surface area (Å²) in [5.74, 6) is -1.75. The van der Waals surface area contributed by atoms with Crippen LogP contribution in [0.2, 0.25) is 0 Å². The predicted octanol–water partition coefficient (Wildman–Crippen LogP) is 3.25. The van der Waals surface area contributed by atoms with E-state index in [1.54, 1.807) is 13.8 Å². The van der Waals surface area contributed by atoms with Crippen LogP contribution in [0.1, 0.15) is 22.8 Å². The van der Waals surface area contributed by atoms with Gasteiger partial charge < -0.3 is 9.64 Å². The van der Waals surface area contributed by atoms with E-state index in [4.69, 9.17) is 4.74 Å². The number of amides is 1. The lowest BCUT2D eigenvalue weighted by Gasteiger charge is -2.20. The van der Waals surface area contributed by atoms with Crippen LogP contribution in [-0.4, -0.2) is 30.0 Å². The molecule has 0 aliphatic rings. The fourth-order valence-corrected chi connectivity index (χ4v) is 2.35. The Hall–Kier alpha value is -3.29. The summed E-state index contributed by atoms with van der Waals surface area (Å²) < 4.78 is 18.0. The minimum Gasteiger partial charge on any atom is -0.452 e. The number of esters is 1. The van der Waals surface area contributed by atoms with Crippen molar-refractivity contribution in [1.29, 1.82) is 0 Å². The SMILES string of the molecule is CCN(C(=O)COC(=O)c1ccc(C)c([N+](=O)[O-])c1)c1ccc(F)cc1. The molecule has 136 valence electrons. The Bertz CT molecular complexity index is 836. The maximum atomic E-state index is 13.0. The fourth-order valence-electron chi connectivity index (χ4n) is 2.35. The average molecular weight is 360 g/mol. The molecule has 2 aromatic carbocycles. The van der Waals surface area contributed by atoms with E-state index in [0.717, 1.165) is 6.07 Å². The molecule has 0 radical (unpaired) electrons. The lowest BCUT2D eigenvalue weighted by Crippen LogP contribution is -2.34. The van der Waals surface area contributed by atoms with Crippen molar-refractivity contribution in [1.82, 2.24) is 0 Å². The Kier molecular flexibility index (Phi) is 6.00. The number of hydrogen-bond donors (Lipinski definition) is 0. The number of hydrogen-bond acceptors (Lipinski definition) is 5. The van der Waals surface area contributed by atoms with Gasteiger partial charge in [0, 0.05) is 23.9 Å². The van der Waals surface area contributed by atoms with E-state index in [1.165, 1.54) is 41.3 Å². The number of benzene rings is 2. The number of nitro groups is 1. The molecule has 0 bridgehead atoms. The quantitative estimate of drug-likeness (QED) is 0.448. The fraction of sp³-hybridized carbons (Fsp3) is 0.222. The van der Waals surface area contributed by atoms with E-state index in [9.17, 15) is 24.1 Å². The number of anilines is 1. The summed E-state index contributed by atoms with van der Waals surface area (Å²) in [6.07, 6.45) is 0. The molecular weight excluding hydrogens is 343 g/mol. The van der Waals surface area contributed by atoms with Crippen molar-refractivity contribution in [2.75, 3.05) is 18.1 Å². The number of carbonyl (C=O) groups is 2. The highest BCUT2D eigenvalue weighted by Crippen LogP contribution is 2.20. The largest absolute Gasteiger partial charge is 0.452 e. The van der Waals surface area contributed by atoms with Crippen LogP contribution >= 0.6 is 0 Å². The predicted molar refractivity (Wildman–Crippen MR) is 92.5 cm³/mol. The van der Waals surface area contributed by atoms with Gasteiger partial charge in [-0.15, -0.1) is 0 Å². The molecule has 7 nitrogen and oxygen atoms in total. The number of rotatable bonds is 6. The summed E-state index contributed by atoms with van der Waals surface area (Å²) in [7, 11) is 0. The summed E-state index contributed by atoms with van der Waals surface area (Å²) in [6, 6.07) is 9.29. The van der Waals surface area contributed by atoms with Crippen LogP contribution in [-0.2, 0) is 9.53 Å². The number of nitrogens with zero attached hydrogens (tertiary/aromatic N) is 2. The molecule has 0 N–H and O–H groups in total. The highest BCUT2D eigenvalue weighted by molar-refractivity contribution is 5.97. The van der Waals surface area contributed by atoms with Gasteiger partial charge in [-0.25, -0.2) is 9.18 Å². The van der Waals surface area contributed by atoms with Crippen molar-refractivity contribution < 1.29 is 23.6 Å². The van der Waals surface area contributed by atoms with E-state index < -0.39 is 29.2 Å². The van der Waals surface area contributed by atoms with Crippen molar-refractivity contribution in [2.45, 2.75) is 13.8 Å². The second-order valence-corrected chi connectivity index (χ2v) is 5.45. The number of halogens is 1. The third-order valence-corrected chi connectivity index (χ3v) is 3.72. The summed E-state index contributed by atoms with van der Waals surface area (Å²) in [4.78, 5) is 36.0. The van der Waals surface area contributed by atoms with Gasteiger partial charge in [0.2, 0.25) is 0 Å². The summed E-state index contributed by atoms with van der Waals surface area (Å²) in [5.41, 5.74) is 0.671. The van der Waals surface area contributed by atoms with Gasteiger partial charge in [0.05, 0.1) is 10.5 Å². The Labute approximate surface area is 149 Å². The monoisotopic (exact) mass is 360 g/mol. The topological polar surface area (TPSA) is 89.8 Å². The molecule has 2 rings (SSSR count). The first-order chi connectivity index (χ1) is 12.3. The molecule has 0 spiro atoms. The molecule has 0 aliphatic heterocycles. The molecule has 8 heteroatoms. The van der Waals surface area contributed by atoms with Crippen molar-refractivity contribution >= 4 is 23.3 Å². The molecule has 0 fully saturated rings. The van der Waals surface area contributed by atoms with E-state index in [1.807, 2.05) is 0 Å². The van der Waals surface area contributed by atoms with Gasteiger partial charge in [-0.3, -0.25) is 14.9 Å². The van der Waals surface area contributed by atoms with Gasteiger partial charge in [0.25, 0.3) is 11.6 Å². The number of likely N-dealkylation sites (N-methyl/N-ethyl adjacent to an activating group) is 1. The van der Waals surface area contributed by atoms with Gasteiger partial charge in [0.15, 0.2) is 6.61 Å². The zero-order valence-electron chi connectivity index (χ0n) is 14.3. The van der Waals surface area contributed by atoms with Crippen LogP contribution in [0.4, 0.5) is 15.8 Å². The number of ether oxygens (including phenoxy) is 1. The number of aryl methyl sites for hydroxylation is 1. The van der Waals surface area contributed by atoms with Crippen LogP contribution < -0.4 is 4.90 Å². The zero-order valence-corrected chi connectivity index (χ0v) is 14.3. The smallest absolute Gasteiger partial charge is 0.338 e. The Morgan fingerprint density at radius 2 is 1.85 bits per heavy atom. The molecule has 0 aromatic heterocycles. The zero-order chi connectivity index (χ0) is 19.3. The second kappa shape index (κ2) is 8.19. The Balaban J connectivity index is 2.06. The number of carbonyl (C=O) groups excluding carboxylic acids is 2. The first-order valence-corrected chi connectivity index (χ1v) is 7.81. The third-order valence-electron chi connectivity index (χ3n) is 3.72. The lowest BCUT2D eigenvalue weighted by molar-refractivity contribution is -0.385. The van der Waals surface area contributed by atoms with Crippen LogP contribution in [0.3, 0.4) is 0 Å². The maximum Gasteiger partial charge on any atom is 0.338 e. The normalized spacial score (nSPS) is 10.3. The standard InChI is InChI=1S/C18H17FN2O5/c1-3-20(15-8-6-14(19)7-9-15)17(22)11-26-18(23)13-5-4-12(2)16(10-13)21(24)25/h4-10H,3,11H2,1-2H3. The summed E-state index contributed by atoms with van der Waals surface area (Å²) in [5, 5.41) is 10.9. The molecule has 26 heavy (non-hydrogen) atoms. The van der Waals surface area contributed by atoms with E-state index in [2.05, 4.69) is 0 Å². The van der Waals surface area contributed by atoms with E-state index in [0.29, 0.717) is 17.8 Å². The van der Waals surface area contributed by atoms with Gasteiger partial charge in [0.1, 0.15) is 5.82 Å². The second-order valence-electron chi connectivity index (χ2n) is 5.45. The van der Waals surface area contributed by atoms with Gasteiger partial charge >= 0.3 is 5.97 Å². The molecule has 0 unspecified atom stereocenters. The Morgan fingerprint density at radius 1 is 1.19 bits per heavy atom. The van der Waals surface area contributed by atoms with E-state index >= 15 is 0 Å². The molecule has 0 aliphatic carbocycles. The van der Waals surface area contributed by atoms with Crippen molar-refractivity contribution in [3.8, 4) is 0 Å². The minimum absolute atomic E-state index is 0.0140. The van der Waals surface area contributed by atoms with Crippen LogP contribution in [0, 0.1) is 22.9 Å². The van der Waals surface area contributed by atoms with E-state index in [-0.39, 0.29) is 11.3 Å². The van der Waals surface area contributed by atoms with Crippen LogP contribution in [0.15, 0.2) is 42.5 Å².